The maximum Gasteiger partial charge on any atom is 0.215 e. The van der Waals surface area contributed by atoms with E-state index in [0.29, 0.717) is 23.3 Å². The maximum absolute atomic E-state index is 7.23. The van der Waals surface area contributed by atoms with Crippen LogP contribution in [0.4, 0.5) is 0 Å². The summed E-state index contributed by atoms with van der Waals surface area (Å²) >= 11 is 0. The van der Waals surface area contributed by atoms with E-state index >= 15 is 0 Å². The van der Waals surface area contributed by atoms with Crippen molar-refractivity contribution in [3.63, 3.8) is 0 Å². The Labute approximate surface area is 359 Å². The predicted octanol–water partition coefficient (Wildman–Crippen LogP) is 13.7. The van der Waals surface area contributed by atoms with Gasteiger partial charge >= 0.3 is 0 Å². The van der Waals surface area contributed by atoms with Crippen LogP contribution in [0.2, 0.25) is 0 Å². The molecule has 3 heterocycles. The van der Waals surface area contributed by atoms with Crippen molar-refractivity contribution in [1.82, 2.24) is 19.5 Å². The summed E-state index contributed by atoms with van der Waals surface area (Å²) in [6, 6.07) is 51.2. The van der Waals surface area contributed by atoms with E-state index in [2.05, 4.69) is 130 Å². The fourth-order valence-corrected chi connectivity index (χ4v) is 7.52. The standard InChI is InChI=1S/C40H36N3O.C12H10N.Ir/c1-24(2)30-18-13-19-31(25(3)4)38(30)43-34-21-11-10-20-33(34)41-39(43)29-22-32(36-26(5)14-12-15-27(36)6)37-35(23-29)44-40(42-37)28-16-8-7-9-17-28;1-10-7-8-12(13-9-10)11-5-3-2-4-6-11;/h7-22,24-25H,1-6H3;2-5,7-9H,1H3;/q2*-1;/i;1D3;. The normalized spacial score (nSPS) is 12.2. The number of hydrogen-bond donors (Lipinski definition) is 0. The smallest absolute Gasteiger partial charge is 0.215 e. The Bertz CT molecular complexity index is 2890. The third kappa shape index (κ3) is 7.96. The minimum absolute atomic E-state index is 0. The Morgan fingerprint density at radius 1 is 0.707 bits per heavy atom. The Hall–Kier alpha value is -5.94. The van der Waals surface area contributed by atoms with Crippen molar-refractivity contribution < 1.29 is 28.6 Å². The van der Waals surface area contributed by atoms with Gasteiger partial charge in [-0.15, -0.1) is 47.5 Å². The van der Waals surface area contributed by atoms with Crippen LogP contribution >= 0.6 is 0 Å². The molecule has 1 radical (unpaired) electrons. The van der Waals surface area contributed by atoms with Gasteiger partial charge in [-0.2, -0.15) is 0 Å². The first-order valence-electron chi connectivity index (χ1n) is 20.9. The molecule has 0 atom stereocenters. The number of nitrogens with zero attached hydrogens (tertiary/aromatic N) is 4. The number of oxazole rings is 1. The molecule has 0 N–H and O–H groups in total. The van der Waals surface area contributed by atoms with Crippen molar-refractivity contribution in [2.75, 3.05) is 0 Å². The molecule has 291 valence electrons. The van der Waals surface area contributed by atoms with E-state index in [4.69, 9.17) is 18.5 Å². The SMILES string of the molecule is Cc1cccc(C)c1-c1cc(-c2nc3ccccc3n2-c2c(C(C)C)cccc2C(C)C)[c-]c2oc(-c3ccccc3)nc12.[2H]C([2H])([2H])c1ccc(-c2[c-]cccc2)nc1.[Ir]. The van der Waals surface area contributed by atoms with E-state index in [9.17, 15) is 0 Å². The van der Waals surface area contributed by atoms with Crippen molar-refractivity contribution in [3.05, 3.63) is 180 Å². The van der Waals surface area contributed by atoms with E-state index in [1.54, 1.807) is 18.2 Å². The van der Waals surface area contributed by atoms with Crippen LogP contribution in [0.25, 0.3) is 73.0 Å². The van der Waals surface area contributed by atoms with Gasteiger partial charge in [0.15, 0.2) is 0 Å². The molecule has 6 aromatic carbocycles. The molecule has 3 aromatic heterocycles. The summed E-state index contributed by atoms with van der Waals surface area (Å²) in [7, 11) is 0. The van der Waals surface area contributed by atoms with E-state index in [-0.39, 0.29) is 25.7 Å². The summed E-state index contributed by atoms with van der Waals surface area (Å²) in [5, 5.41) is 0. The van der Waals surface area contributed by atoms with Crippen LogP contribution in [0.5, 0.6) is 0 Å². The Morgan fingerprint density at radius 2 is 1.40 bits per heavy atom. The third-order valence-electron chi connectivity index (χ3n) is 10.3. The molecule has 5 nitrogen and oxygen atoms in total. The fraction of sp³-hybridized carbons (Fsp3) is 0.173. The number of fused-ring (bicyclic) bond motifs is 2. The molecule has 0 fully saturated rings. The second kappa shape index (κ2) is 17.3. The fourth-order valence-electron chi connectivity index (χ4n) is 7.52. The van der Waals surface area contributed by atoms with Gasteiger partial charge in [-0.25, -0.2) is 0 Å². The van der Waals surface area contributed by atoms with Crippen LogP contribution in [0.15, 0.2) is 144 Å². The Morgan fingerprint density at radius 3 is 2.05 bits per heavy atom. The van der Waals surface area contributed by atoms with Crippen molar-refractivity contribution >= 4 is 22.1 Å². The number of benzene rings is 6. The second-order valence-corrected chi connectivity index (χ2v) is 15.0. The van der Waals surface area contributed by atoms with Gasteiger partial charge in [0.1, 0.15) is 0 Å². The number of rotatable bonds is 7. The van der Waals surface area contributed by atoms with Gasteiger partial charge in [0.05, 0.1) is 22.4 Å². The quantitative estimate of drug-likeness (QED) is 0.149. The first-order chi connectivity index (χ1) is 28.9. The van der Waals surface area contributed by atoms with Crippen molar-refractivity contribution in [1.29, 1.82) is 0 Å². The van der Waals surface area contributed by atoms with Crippen molar-refractivity contribution in [3.8, 4) is 50.9 Å². The molecule has 0 aliphatic heterocycles. The molecule has 0 spiro atoms. The number of hydrogen-bond acceptors (Lipinski definition) is 4. The van der Waals surface area contributed by atoms with Gasteiger partial charge in [0, 0.05) is 47.2 Å². The molecule has 0 saturated heterocycles. The molecule has 58 heavy (non-hydrogen) atoms. The monoisotopic (exact) mass is 938 g/mol. The minimum Gasteiger partial charge on any atom is -0.457 e. The molecule has 0 saturated carbocycles. The van der Waals surface area contributed by atoms with E-state index in [0.717, 1.165) is 55.9 Å². The molecule has 6 heteroatoms. The van der Waals surface area contributed by atoms with Gasteiger partial charge < -0.3 is 14.0 Å². The van der Waals surface area contributed by atoms with Crippen LogP contribution in [0.1, 0.15) is 71.5 Å². The van der Waals surface area contributed by atoms with E-state index < -0.39 is 6.85 Å². The summed E-state index contributed by atoms with van der Waals surface area (Å²) in [5.74, 6) is 2.09. The summed E-state index contributed by atoms with van der Waals surface area (Å²) in [6.45, 7) is 11.3. The summed E-state index contributed by atoms with van der Waals surface area (Å²) in [5.41, 5.74) is 15.4. The average Bonchev–Trinajstić information content (AvgIpc) is 3.86. The zero-order chi connectivity index (χ0) is 42.1. The van der Waals surface area contributed by atoms with E-state index in [1.165, 1.54) is 34.1 Å². The van der Waals surface area contributed by atoms with Gasteiger partial charge in [-0.1, -0.05) is 118 Å². The first-order valence-corrected chi connectivity index (χ1v) is 19.4. The maximum atomic E-state index is 7.23. The molecule has 0 aliphatic carbocycles. The van der Waals surface area contributed by atoms with Gasteiger partial charge in [-0.05, 0) is 95.9 Å². The zero-order valence-electron chi connectivity index (χ0n) is 36.5. The number of imidazole rings is 1. The topological polar surface area (TPSA) is 56.7 Å². The minimum atomic E-state index is -2.09. The number of aryl methyl sites for hydroxylation is 3. The van der Waals surface area contributed by atoms with Gasteiger partial charge in [0.2, 0.25) is 5.89 Å². The number of pyridine rings is 1. The largest absolute Gasteiger partial charge is 0.457 e. The molecular weight excluding hydrogens is 889 g/mol. The Balaban J connectivity index is 0.000000278. The first kappa shape index (κ1) is 36.4. The van der Waals surface area contributed by atoms with Crippen LogP contribution in [0, 0.1) is 32.8 Å². The molecule has 0 aliphatic rings. The number of aromatic nitrogens is 4. The summed E-state index contributed by atoms with van der Waals surface area (Å²) < 4.78 is 30.5. The third-order valence-corrected chi connectivity index (χ3v) is 10.3. The molecule has 0 unspecified atom stereocenters. The summed E-state index contributed by atoms with van der Waals surface area (Å²) in [4.78, 5) is 14.5. The van der Waals surface area contributed by atoms with Crippen molar-refractivity contribution in [2.45, 2.75) is 60.2 Å². The van der Waals surface area contributed by atoms with Gasteiger partial charge in [0.25, 0.3) is 0 Å². The van der Waals surface area contributed by atoms with E-state index in [1.807, 2.05) is 48.5 Å². The molecule has 9 rings (SSSR count). The molecule has 0 amide bonds. The molecule has 0 bridgehead atoms. The van der Waals surface area contributed by atoms with Crippen LogP contribution in [-0.4, -0.2) is 19.5 Å². The van der Waals surface area contributed by atoms with Crippen molar-refractivity contribution in [2.24, 2.45) is 0 Å². The van der Waals surface area contributed by atoms with Crippen LogP contribution in [-0.2, 0) is 20.1 Å². The molecule has 9 aromatic rings. The average molecular weight is 938 g/mol. The zero-order valence-corrected chi connectivity index (χ0v) is 35.9. The second-order valence-electron chi connectivity index (χ2n) is 15.0. The van der Waals surface area contributed by atoms with Gasteiger partial charge in [-0.3, -0.25) is 9.97 Å². The van der Waals surface area contributed by atoms with Crippen LogP contribution in [0.3, 0.4) is 0 Å². The molecular formula is C52H46IrN4O-2. The Kier molecular flexibility index (Phi) is 10.8. The number of para-hydroxylation sites is 3. The predicted molar refractivity (Wildman–Crippen MR) is 235 cm³/mol. The van der Waals surface area contributed by atoms with Crippen LogP contribution < -0.4 is 0 Å². The summed E-state index contributed by atoms with van der Waals surface area (Å²) in [6.07, 6.45) is 1.39.